The van der Waals surface area contributed by atoms with Crippen molar-refractivity contribution in [2.45, 2.75) is 6.54 Å². The van der Waals surface area contributed by atoms with Crippen LogP contribution in [0.5, 0.6) is 5.75 Å². The van der Waals surface area contributed by atoms with Crippen molar-refractivity contribution in [3.05, 3.63) is 96.1 Å². The average molecular weight is 348 g/mol. The van der Waals surface area contributed by atoms with Crippen LogP contribution in [0.15, 0.2) is 79.0 Å². The van der Waals surface area contributed by atoms with E-state index < -0.39 is 0 Å². The molecule has 0 aliphatic rings. The van der Waals surface area contributed by atoms with E-state index in [-0.39, 0.29) is 24.0 Å². The summed E-state index contributed by atoms with van der Waals surface area (Å²) in [5.74, 6) is -0.645. The van der Waals surface area contributed by atoms with Crippen molar-refractivity contribution >= 4 is 17.7 Å². The van der Waals surface area contributed by atoms with Gasteiger partial charge >= 0.3 is 0 Å². The summed E-state index contributed by atoms with van der Waals surface area (Å²) in [6.07, 6.45) is 4.65. The lowest BCUT2D eigenvalue weighted by molar-refractivity contribution is -0.114. The Morgan fingerprint density at radius 2 is 1.77 bits per heavy atom. The van der Waals surface area contributed by atoms with E-state index in [9.17, 15) is 14.3 Å². The number of para-hydroxylation sites is 2. The third-order valence-corrected chi connectivity index (χ3v) is 3.77. The number of hydrogen-bond donors (Lipinski definition) is 1. The van der Waals surface area contributed by atoms with E-state index in [0.29, 0.717) is 16.9 Å². The largest absolute Gasteiger partial charge is 0.506 e. The molecule has 1 heterocycles. The van der Waals surface area contributed by atoms with E-state index in [1.54, 1.807) is 48.7 Å². The van der Waals surface area contributed by atoms with E-state index in [2.05, 4.69) is 4.98 Å². The van der Waals surface area contributed by atoms with Gasteiger partial charge in [-0.1, -0.05) is 30.3 Å². The SMILES string of the molecule is O=C(/C=C/c1ccc(F)cc1)N(Cc1ccccn1)c1ccccc1O. The maximum absolute atomic E-state index is 13.0. The van der Waals surface area contributed by atoms with E-state index in [1.165, 1.54) is 29.2 Å². The Morgan fingerprint density at radius 3 is 2.46 bits per heavy atom. The standard InChI is InChI=1S/C21H17FN2O2/c22-17-11-8-16(9-12-17)10-13-21(26)24(15-18-5-3-4-14-23-18)19-6-1-2-7-20(19)25/h1-14,25H,15H2/b13-10+. The van der Waals surface area contributed by atoms with Crippen molar-refractivity contribution in [1.82, 2.24) is 4.98 Å². The molecule has 26 heavy (non-hydrogen) atoms. The Kier molecular flexibility index (Phi) is 5.39. The highest BCUT2D eigenvalue weighted by Gasteiger charge is 2.17. The molecule has 0 atom stereocenters. The van der Waals surface area contributed by atoms with Crippen molar-refractivity contribution in [3.63, 3.8) is 0 Å². The summed E-state index contributed by atoms with van der Waals surface area (Å²) < 4.78 is 13.0. The quantitative estimate of drug-likeness (QED) is 0.704. The van der Waals surface area contributed by atoms with Crippen LogP contribution in [-0.4, -0.2) is 16.0 Å². The highest BCUT2D eigenvalue weighted by molar-refractivity contribution is 6.04. The van der Waals surface area contributed by atoms with Gasteiger partial charge < -0.3 is 5.11 Å². The van der Waals surface area contributed by atoms with Gasteiger partial charge in [0, 0.05) is 12.3 Å². The highest BCUT2D eigenvalue weighted by atomic mass is 19.1. The predicted molar refractivity (Wildman–Crippen MR) is 99.0 cm³/mol. The second-order valence-corrected chi connectivity index (χ2v) is 5.62. The smallest absolute Gasteiger partial charge is 0.251 e. The molecular weight excluding hydrogens is 331 g/mol. The Bertz CT molecular complexity index is 909. The second kappa shape index (κ2) is 8.07. The summed E-state index contributed by atoms with van der Waals surface area (Å²) in [7, 11) is 0. The van der Waals surface area contributed by atoms with Crippen LogP contribution < -0.4 is 4.90 Å². The minimum Gasteiger partial charge on any atom is -0.506 e. The average Bonchev–Trinajstić information content (AvgIpc) is 2.67. The topological polar surface area (TPSA) is 53.4 Å². The number of amides is 1. The van der Waals surface area contributed by atoms with Crippen molar-refractivity contribution in [1.29, 1.82) is 0 Å². The maximum atomic E-state index is 13.0. The number of rotatable bonds is 5. The van der Waals surface area contributed by atoms with Gasteiger partial charge in [0.15, 0.2) is 0 Å². The third kappa shape index (κ3) is 4.33. The van der Waals surface area contributed by atoms with Gasteiger partial charge in [0.1, 0.15) is 11.6 Å². The van der Waals surface area contributed by atoms with Gasteiger partial charge in [0.25, 0.3) is 5.91 Å². The molecule has 1 amide bonds. The minimum absolute atomic E-state index is 0.00645. The van der Waals surface area contributed by atoms with Gasteiger partial charge in [-0.2, -0.15) is 0 Å². The van der Waals surface area contributed by atoms with Crippen LogP contribution in [0.25, 0.3) is 6.08 Å². The number of benzene rings is 2. The molecule has 2 aromatic carbocycles. The Labute approximate surface area is 150 Å². The molecule has 0 spiro atoms. The number of aromatic nitrogens is 1. The maximum Gasteiger partial charge on any atom is 0.251 e. The van der Waals surface area contributed by atoms with Crippen molar-refractivity contribution < 1.29 is 14.3 Å². The second-order valence-electron chi connectivity index (χ2n) is 5.62. The Balaban J connectivity index is 1.88. The van der Waals surface area contributed by atoms with Crippen molar-refractivity contribution in [2.75, 3.05) is 4.90 Å². The van der Waals surface area contributed by atoms with Crippen LogP contribution in [0.1, 0.15) is 11.3 Å². The lowest BCUT2D eigenvalue weighted by Crippen LogP contribution is -2.29. The first-order valence-corrected chi connectivity index (χ1v) is 8.06. The monoisotopic (exact) mass is 348 g/mol. The molecule has 0 aliphatic carbocycles. The van der Waals surface area contributed by atoms with Gasteiger partial charge in [0.05, 0.1) is 17.9 Å². The highest BCUT2D eigenvalue weighted by Crippen LogP contribution is 2.28. The van der Waals surface area contributed by atoms with Gasteiger partial charge in [0.2, 0.25) is 0 Å². The zero-order valence-electron chi connectivity index (χ0n) is 13.9. The molecule has 0 fully saturated rings. The molecule has 130 valence electrons. The Morgan fingerprint density at radius 1 is 1.04 bits per heavy atom. The van der Waals surface area contributed by atoms with Crippen LogP contribution in [0.2, 0.25) is 0 Å². The van der Waals surface area contributed by atoms with Crippen LogP contribution in [0.3, 0.4) is 0 Å². The first-order valence-electron chi connectivity index (χ1n) is 8.06. The fraction of sp³-hybridized carbons (Fsp3) is 0.0476. The normalized spacial score (nSPS) is 10.8. The lowest BCUT2D eigenvalue weighted by Gasteiger charge is -2.22. The summed E-state index contributed by atoms with van der Waals surface area (Å²) in [6.45, 7) is 0.213. The molecule has 4 nitrogen and oxygen atoms in total. The zero-order chi connectivity index (χ0) is 18.4. The Hall–Kier alpha value is -3.47. The molecule has 0 saturated carbocycles. The van der Waals surface area contributed by atoms with Gasteiger partial charge in [-0.05, 0) is 48.0 Å². The number of carbonyl (C=O) groups excluding carboxylic acids is 1. The summed E-state index contributed by atoms with van der Waals surface area (Å²) >= 11 is 0. The van der Waals surface area contributed by atoms with E-state index in [0.717, 1.165) is 0 Å². The fourth-order valence-electron chi connectivity index (χ4n) is 2.46. The third-order valence-electron chi connectivity index (χ3n) is 3.77. The number of pyridine rings is 1. The summed E-state index contributed by atoms with van der Waals surface area (Å²) in [5.41, 5.74) is 1.79. The lowest BCUT2D eigenvalue weighted by atomic mass is 10.2. The van der Waals surface area contributed by atoms with Gasteiger partial charge in [-0.3, -0.25) is 14.7 Å². The van der Waals surface area contributed by atoms with Crippen molar-refractivity contribution in [2.24, 2.45) is 0 Å². The predicted octanol–water partition coefficient (Wildman–Crippen LogP) is 4.17. The van der Waals surface area contributed by atoms with Crippen LogP contribution >= 0.6 is 0 Å². The molecule has 1 aromatic heterocycles. The molecule has 0 unspecified atom stereocenters. The zero-order valence-corrected chi connectivity index (χ0v) is 13.9. The number of aromatic hydroxyl groups is 1. The summed E-state index contributed by atoms with van der Waals surface area (Å²) in [4.78, 5) is 18.5. The first kappa shape index (κ1) is 17.4. The van der Waals surface area contributed by atoms with E-state index in [4.69, 9.17) is 0 Å². The molecule has 3 aromatic rings. The molecule has 0 bridgehead atoms. The number of anilines is 1. The van der Waals surface area contributed by atoms with Crippen LogP contribution in [0, 0.1) is 5.82 Å². The van der Waals surface area contributed by atoms with E-state index in [1.807, 2.05) is 12.1 Å². The minimum atomic E-state index is -0.334. The molecule has 0 radical (unpaired) electrons. The molecular formula is C21H17FN2O2. The molecule has 0 saturated heterocycles. The molecule has 5 heteroatoms. The first-order chi connectivity index (χ1) is 12.6. The fourth-order valence-corrected chi connectivity index (χ4v) is 2.46. The molecule has 1 N–H and O–H groups in total. The van der Waals surface area contributed by atoms with Gasteiger partial charge in [-0.25, -0.2) is 4.39 Å². The number of carbonyl (C=O) groups is 1. The van der Waals surface area contributed by atoms with Crippen molar-refractivity contribution in [3.8, 4) is 5.75 Å². The molecule has 3 rings (SSSR count). The van der Waals surface area contributed by atoms with Crippen LogP contribution in [0.4, 0.5) is 10.1 Å². The number of halogens is 1. The number of hydrogen-bond acceptors (Lipinski definition) is 3. The number of nitrogens with zero attached hydrogens (tertiary/aromatic N) is 2. The summed E-state index contributed by atoms with van der Waals surface area (Å²) in [6, 6.07) is 17.9. The number of phenols is 1. The van der Waals surface area contributed by atoms with Gasteiger partial charge in [-0.15, -0.1) is 0 Å². The number of phenolic OH excluding ortho intramolecular Hbond substituents is 1. The summed E-state index contributed by atoms with van der Waals surface area (Å²) in [5, 5.41) is 10.1. The molecule has 0 aliphatic heterocycles. The van der Waals surface area contributed by atoms with Crippen LogP contribution in [-0.2, 0) is 11.3 Å². The van der Waals surface area contributed by atoms with E-state index >= 15 is 0 Å².